The third-order valence-corrected chi connectivity index (χ3v) is 6.91. The Morgan fingerprint density at radius 3 is 1.63 bits per heavy atom. The van der Waals surface area contributed by atoms with Crippen LogP contribution in [-0.4, -0.2) is 17.7 Å². The van der Waals surface area contributed by atoms with Crippen LogP contribution in [0.25, 0.3) is 11.1 Å². The number of unbranched alkanes of at least 4 members (excludes halogenated alkanes) is 15. The average molecular weight is 481 g/mol. The Morgan fingerprint density at radius 1 is 0.686 bits per heavy atom. The molecular weight excluding hydrogens is 432 g/mol. The van der Waals surface area contributed by atoms with Crippen LogP contribution < -0.4 is 4.74 Å². The molecule has 2 aromatic rings. The third kappa shape index (κ3) is 12.3. The number of aromatic carboxylic acids is 1. The van der Waals surface area contributed by atoms with Crippen molar-refractivity contribution in [1.82, 2.24) is 0 Å². The molecule has 0 atom stereocenters. The molecule has 35 heavy (non-hydrogen) atoms. The number of carbonyl (C=O) groups is 1. The SMILES string of the molecule is CCCCCCCCCCCCCCCCCCOc1ccc(-c2ccc(C(=O)O)cc2C)cc1. The molecule has 0 aliphatic carbocycles. The van der Waals surface area contributed by atoms with Crippen LogP contribution in [0.1, 0.15) is 126 Å². The molecule has 2 aromatic carbocycles. The van der Waals surface area contributed by atoms with Gasteiger partial charge in [0, 0.05) is 0 Å². The van der Waals surface area contributed by atoms with Crippen LogP contribution in [0.3, 0.4) is 0 Å². The summed E-state index contributed by atoms with van der Waals surface area (Å²) in [5, 5.41) is 9.13. The van der Waals surface area contributed by atoms with Crippen LogP contribution in [0, 0.1) is 6.92 Å². The molecule has 194 valence electrons. The zero-order valence-corrected chi connectivity index (χ0v) is 22.3. The molecule has 0 fully saturated rings. The van der Waals surface area contributed by atoms with Gasteiger partial charge in [-0.25, -0.2) is 4.79 Å². The molecule has 1 N–H and O–H groups in total. The summed E-state index contributed by atoms with van der Waals surface area (Å²) in [6.45, 7) is 5.00. The maximum absolute atomic E-state index is 11.1. The molecule has 0 aliphatic heterocycles. The molecule has 3 heteroatoms. The molecule has 0 heterocycles. The first-order valence-electron chi connectivity index (χ1n) is 14.2. The molecule has 3 nitrogen and oxygen atoms in total. The number of carboxylic acid groups (broad SMARTS) is 1. The predicted molar refractivity (Wildman–Crippen MR) is 149 cm³/mol. The summed E-state index contributed by atoms with van der Waals surface area (Å²) >= 11 is 0. The van der Waals surface area contributed by atoms with Gasteiger partial charge in [0.15, 0.2) is 0 Å². The normalized spacial score (nSPS) is 11.0. The molecule has 0 aliphatic rings. The highest BCUT2D eigenvalue weighted by atomic mass is 16.5. The van der Waals surface area contributed by atoms with Gasteiger partial charge in [-0.15, -0.1) is 0 Å². The first kappa shape index (κ1) is 28.9. The zero-order chi connectivity index (χ0) is 25.1. The molecule has 0 aromatic heterocycles. The molecule has 0 saturated carbocycles. The Kier molecular flexibility index (Phi) is 14.9. The minimum Gasteiger partial charge on any atom is -0.494 e. The van der Waals surface area contributed by atoms with Crippen molar-refractivity contribution in [1.29, 1.82) is 0 Å². The fourth-order valence-electron chi connectivity index (χ4n) is 4.69. The van der Waals surface area contributed by atoms with Gasteiger partial charge in [-0.3, -0.25) is 0 Å². The summed E-state index contributed by atoms with van der Waals surface area (Å²) in [4.78, 5) is 11.1. The quantitative estimate of drug-likeness (QED) is 0.192. The van der Waals surface area contributed by atoms with Crippen LogP contribution in [0.2, 0.25) is 0 Å². The predicted octanol–water partition coefficient (Wildman–Crippen LogP) is 10.0. The minimum absolute atomic E-state index is 0.324. The summed E-state index contributed by atoms with van der Waals surface area (Å²) in [5.74, 6) is 0.00648. The van der Waals surface area contributed by atoms with Gasteiger partial charge >= 0.3 is 5.97 Å². The monoisotopic (exact) mass is 480 g/mol. The van der Waals surface area contributed by atoms with Crippen molar-refractivity contribution in [2.24, 2.45) is 0 Å². The fourth-order valence-corrected chi connectivity index (χ4v) is 4.69. The van der Waals surface area contributed by atoms with Gasteiger partial charge in [0.2, 0.25) is 0 Å². The summed E-state index contributed by atoms with van der Waals surface area (Å²) in [6.07, 6.45) is 22.0. The molecule has 0 unspecified atom stereocenters. The fraction of sp³-hybridized carbons (Fsp3) is 0.594. The maximum atomic E-state index is 11.1. The first-order valence-corrected chi connectivity index (χ1v) is 14.2. The summed E-state index contributed by atoms with van der Waals surface area (Å²) in [5.41, 5.74) is 3.42. The Labute approximate surface area is 214 Å². The van der Waals surface area contributed by atoms with E-state index in [1.165, 1.54) is 96.3 Å². The maximum Gasteiger partial charge on any atom is 0.335 e. The second-order valence-corrected chi connectivity index (χ2v) is 10.0. The van der Waals surface area contributed by atoms with Crippen molar-refractivity contribution in [2.45, 2.75) is 117 Å². The van der Waals surface area contributed by atoms with E-state index < -0.39 is 5.97 Å². The Hall–Kier alpha value is -2.29. The zero-order valence-electron chi connectivity index (χ0n) is 22.3. The van der Waals surface area contributed by atoms with E-state index in [1.54, 1.807) is 12.1 Å². The van der Waals surface area contributed by atoms with Crippen molar-refractivity contribution >= 4 is 5.97 Å². The second kappa shape index (κ2) is 18.0. The van der Waals surface area contributed by atoms with E-state index in [9.17, 15) is 4.79 Å². The number of hydrogen-bond acceptors (Lipinski definition) is 2. The van der Waals surface area contributed by atoms with Crippen LogP contribution >= 0.6 is 0 Å². The smallest absolute Gasteiger partial charge is 0.335 e. The van der Waals surface area contributed by atoms with Crippen LogP contribution in [-0.2, 0) is 0 Å². The summed E-state index contributed by atoms with van der Waals surface area (Å²) in [7, 11) is 0. The van der Waals surface area contributed by atoms with E-state index in [0.717, 1.165) is 35.5 Å². The highest BCUT2D eigenvalue weighted by Crippen LogP contribution is 2.26. The molecule has 0 radical (unpaired) electrons. The largest absolute Gasteiger partial charge is 0.494 e. The van der Waals surface area contributed by atoms with E-state index in [1.807, 2.05) is 37.3 Å². The molecule has 0 bridgehead atoms. The molecule has 2 rings (SSSR count). The van der Waals surface area contributed by atoms with Gasteiger partial charge in [-0.1, -0.05) is 121 Å². The molecule has 0 spiro atoms. The van der Waals surface area contributed by atoms with E-state index in [0.29, 0.717) is 5.56 Å². The van der Waals surface area contributed by atoms with E-state index >= 15 is 0 Å². The van der Waals surface area contributed by atoms with Crippen LogP contribution in [0.5, 0.6) is 5.75 Å². The Morgan fingerprint density at radius 2 is 1.17 bits per heavy atom. The summed E-state index contributed by atoms with van der Waals surface area (Å²) in [6, 6.07) is 13.4. The van der Waals surface area contributed by atoms with Gasteiger partial charge < -0.3 is 9.84 Å². The van der Waals surface area contributed by atoms with E-state index in [-0.39, 0.29) is 0 Å². The lowest BCUT2D eigenvalue weighted by Crippen LogP contribution is -1.98. The third-order valence-electron chi connectivity index (χ3n) is 6.91. The lowest BCUT2D eigenvalue weighted by molar-refractivity contribution is 0.0697. The highest BCUT2D eigenvalue weighted by Gasteiger charge is 2.07. The number of hydrogen-bond donors (Lipinski definition) is 1. The summed E-state index contributed by atoms with van der Waals surface area (Å²) < 4.78 is 5.92. The van der Waals surface area contributed by atoms with Crippen molar-refractivity contribution < 1.29 is 14.6 Å². The van der Waals surface area contributed by atoms with Gasteiger partial charge in [0.25, 0.3) is 0 Å². The number of ether oxygens (including phenoxy) is 1. The van der Waals surface area contributed by atoms with Gasteiger partial charge in [-0.2, -0.15) is 0 Å². The number of rotatable bonds is 20. The molecular formula is C32H48O3. The van der Waals surface area contributed by atoms with Gasteiger partial charge in [-0.05, 0) is 54.3 Å². The van der Waals surface area contributed by atoms with Gasteiger partial charge in [0.05, 0.1) is 12.2 Å². The minimum atomic E-state index is -0.891. The van der Waals surface area contributed by atoms with Crippen molar-refractivity contribution in [2.75, 3.05) is 6.61 Å². The average Bonchev–Trinajstić information content (AvgIpc) is 2.86. The standard InChI is InChI=1S/C32H48O3/c1-3-4-5-6-7-8-9-10-11-12-13-14-15-16-17-18-25-35-30-22-19-28(20-23-30)31-24-21-29(32(33)34)26-27(31)2/h19-24,26H,3-18,25H2,1-2H3,(H,33,34). The van der Waals surface area contributed by atoms with Crippen molar-refractivity contribution in [3.8, 4) is 16.9 Å². The first-order chi connectivity index (χ1) is 17.1. The topological polar surface area (TPSA) is 46.5 Å². The van der Waals surface area contributed by atoms with E-state index in [2.05, 4.69) is 6.92 Å². The van der Waals surface area contributed by atoms with Crippen molar-refractivity contribution in [3.05, 3.63) is 53.6 Å². The van der Waals surface area contributed by atoms with Crippen molar-refractivity contribution in [3.63, 3.8) is 0 Å². The Bertz CT molecular complexity index is 825. The second-order valence-electron chi connectivity index (χ2n) is 10.0. The molecule has 0 saturated heterocycles. The number of carboxylic acids is 1. The van der Waals surface area contributed by atoms with Gasteiger partial charge in [0.1, 0.15) is 5.75 Å². The number of benzene rings is 2. The van der Waals surface area contributed by atoms with Crippen LogP contribution in [0.4, 0.5) is 0 Å². The number of aryl methyl sites for hydroxylation is 1. The highest BCUT2D eigenvalue weighted by molar-refractivity contribution is 5.89. The van der Waals surface area contributed by atoms with E-state index in [4.69, 9.17) is 9.84 Å². The lowest BCUT2D eigenvalue weighted by Gasteiger charge is -2.10. The lowest BCUT2D eigenvalue weighted by atomic mass is 9.98. The molecule has 0 amide bonds. The Balaban J connectivity index is 1.45. The van der Waals surface area contributed by atoms with Crippen LogP contribution in [0.15, 0.2) is 42.5 Å².